The summed E-state index contributed by atoms with van der Waals surface area (Å²) in [4.78, 5) is 11.0. The molecule has 1 aliphatic heterocycles. The van der Waals surface area contributed by atoms with Gasteiger partial charge >= 0.3 is 0 Å². The molecule has 1 aliphatic rings. The fraction of sp³-hybridized carbons (Fsp3) is 0.375. The van der Waals surface area contributed by atoms with Gasteiger partial charge in [-0.15, -0.1) is 0 Å². The lowest BCUT2D eigenvalue weighted by atomic mass is 9.99. The topological polar surface area (TPSA) is 38.2 Å². The van der Waals surface area contributed by atoms with Gasteiger partial charge in [0.1, 0.15) is 11.4 Å². The van der Waals surface area contributed by atoms with E-state index in [0.717, 1.165) is 24.6 Å². The van der Waals surface area contributed by atoms with Gasteiger partial charge < -0.3 is 9.64 Å². The Bertz CT molecular complexity index is 587. The van der Waals surface area contributed by atoms with Crippen molar-refractivity contribution in [1.29, 1.82) is 0 Å². The van der Waals surface area contributed by atoms with E-state index in [1.165, 1.54) is 5.69 Å². The molecular formula is C16H19N3O. The molecule has 1 aromatic carbocycles. The van der Waals surface area contributed by atoms with Gasteiger partial charge in [-0.3, -0.25) is 0 Å². The zero-order chi connectivity index (χ0) is 14.0. The number of nitrogens with zero attached hydrogens (tertiary/aromatic N) is 3. The third-order valence-corrected chi connectivity index (χ3v) is 3.71. The molecule has 4 nitrogen and oxygen atoms in total. The molecule has 2 aromatic rings. The lowest BCUT2D eigenvalue weighted by Gasteiger charge is -2.41. The lowest BCUT2D eigenvalue weighted by Crippen LogP contribution is -2.48. The Kier molecular flexibility index (Phi) is 3.40. The summed E-state index contributed by atoms with van der Waals surface area (Å²) < 4.78 is 6.03. The number of benzene rings is 1. The molecule has 4 heteroatoms. The molecule has 104 valence electrons. The summed E-state index contributed by atoms with van der Waals surface area (Å²) >= 11 is 0. The number of rotatable bonds is 2. The maximum absolute atomic E-state index is 6.03. The summed E-state index contributed by atoms with van der Waals surface area (Å²) in [6.45, 7) is 6.42. The average Bonchev–Trinajstić information content (AvgIpc) is 2.48. The first-order valence-electron chi connectivity index (χ1n) is 6.91. The molecule has 0 radical (unpaired) electrons. The number of ether oxygens (including phenoxy) is 1. The quantitative estimate of drug-likeness (QED) is 0.839. The molecule has 1 saturated heterocycles. The summed E-state index contributed by atoms with van der Waals surface area (Å²) in [5, 5.41) is 0. The van der Waals surface area contributed by atoms with Gasteiger partial charge in [-0.05, 0) is 32.0 Å². The number of para-hydroxylation sites is 1. The monoisotopic (exact) mass is 269 g/mol. The first kappa shape index (κ1) is 13.1. The Hall–Kier alpha value is -1.94. The van der Waals surface area contributed by atoms with Crippen LogP contribution in [0.25, 0.3) is 0 Å². The highest BCUT2D eigenvalue weighted by atomic mass is 16.5. The first-order valence-corrected chi connectivity index (χ1v) is 6.91. The van der Waals surface area contributed by atoms with Crippen molar-refractivity contribution in [2.75, 3.05) is 24.6 Å². The van der Waals surface area contributed by atoms with Crippen LogP contribution in [0.1, 0.15) is 18.4 Å². The lowest BCUT2D eigenvalue weighted by molar-refractivity contribution is -0.0497. The van der Waals surface area contributed by atoms with Crippen LogP contribution >= 0.6 is 0 Å². The molecule has 0 aliphatic carbocycles. The van der Waals surface area contributed by atoms with Gasteiger partial charge in [-0.2, -0.15) is 0 Å². The number of aryl methyl sites for hydroxylation is 1. The SMILES string of the molecule is Cc1nccc([C@@]2(C)CN(c3ccccc3)CCO2)n1. The van der Waals surface area contributed by atoms with Gasteiger partial charge in [-0.1, -0.05) is 18.2 Å². The number of morpholine rings is 1. The van der Waals surface area contributed by atoms with E-state index in [9.17, 15) is 0 Å². The van der Waals surface area contributed by atoms with E-state index in [1.807, 2.05) is 19.1 Å². The van der Waals surface area contributed by atoms with Crippen LogP contribution in [-0.4, -0.2) is 29.7 Å². The second-order valence-corrected chi connectivity index (χ2v) is 5.33. The Morgan fingerprint density at radius 2 is 2.00 bits per heavy atom. The van der Waals surface area contributed by atoms with Crippen molar-refractivity contribution < 1.29 is 4.74 Å². The predicted molar refractivity (Wildman–Crippen MR) is 78.7 cm³/mol. The van der Waals surface area contributed by atoms with Crippen LogP contribution in [0.4, 0.5) is 5.69 Å². The molecule has 0 saturated carbocycles. The largest absolute Gasteiger partial charge is 0.366 e. The van der Waals surface area contributed by atoms with Crippen LogP contribution in [0.3, 0.4) is 0 Å². The molecular weight excluding hydrogens is 250 g/mol. The summed E-state index contributed by atoms with van der Waals surface area (Å²) in [7, 11) is 0. The predicted octanol–water partition coefficient (Wildman–Crippen LogP) is 2.54. The van der Waals surface area contributed by atoms with Crippen LogP contribution < -0.4 is 4.90 Å². The van der Waals surface area contributed by atoms with E-state index in [1.54, 1.807) is 6.20 Å². The van der Waals surface area contributed by atoms with Crippen LogP contribution in [0, 0.1) is 6.92 Å². The van der Waals surface area contributed by atoms with Gasteiger partial charge in [0.05, 0.1) is 18.8 Å². The van der Waals surface area contributed by atoms with E-state index in [2.05, 4.69) is 46.1 Å². The molecule has 0 amide bonds. The molecule has 1 fully saturated rings. The van der Waals surface area contributed by atoms with Gasteiger partial charge in [0.2, 0.25) is 0 Å². The normalized spacial score (nSPS) is 22.8. The van der Waals surface area contributed by atoms with E-state index in [4.69, 9.17) is 4.74 Å². The van der Waals surface area contributed by atoms with E-state index >= 15 is 0 Å². The van der Waals surface area contributed by atoms with E-state index in [0.29, 0.717) is 6.61 Å². The van der Waals surface area contributed by atoms with Crippen molar-refractivity contribution in [3.8, 4) is 0 Å². The maximum atomic E-state index is 6.03. The zero-order valence-electron chi connectivity index (χ0n) is 11.9. The minimum atomic E-state index is -0.387. The molecule has 0 spiro atoms. The van der Waals surface area contributed by atoms with Gasteiger partial charge in [0.15, 0.2) is 0 Å². The summed E-state index contributed by atoms with van der Waals surface area (Å²) in [6, 6.07) is 12.4. The van der Waals surface area contributed by atoms with Crippen molar-refractivity contribution in [1.82, 2.24) is 9.97 Å². The van der Waals surface area contributed by atoms with Crippen molar-refractivity contribution in [3.05, 3.63) is 54.1 Å². The molecule has 0 bridgehead atoms. The standard InChI is InChI=1S/C16H19N3O/c1-13-17-9-8-15(18-13)16(2)12-19(10-11-20-16)14-6-4-3-5-7-14/h3-9H,10-12H2,1-2H3/t16-/m1/s1. The third kappa shape index (κ3) is 2.51. The van der Waals surface area contributed by atoms with Crippen LogP contribution in [0.15, 0.2) is 42.6 Å². The smallest absolute Gasteiger partial charge is 0.125 e. The maximum Gasteiger partial charge on any atom is 0.125 e. The molecule has 2 heterocycles. The minimum Gasteiger partial charge on any atom is -0.366 e. The van der Waals surface area contributed by atoms with Crippen molar-refractivity contribution in [2.45, 2.75) is 19.4 Å². The van der Waals surface area contributed by atoms with E-state index in [-0.39, 0.29) is 5.60 Å². The molecule has 0 unspecified atom stereocenters. The molecule has 1 atom stereocenters. The van der Waals surface area contributed by atoms with Gasteiger partial charge in [0, 0.05) is 18.4 Å². The van der Waals surface area contributed by atoms with Crippen molar-refractivity contribution >= 4 is 5.69 Å². The van der Waals surface area contributed by atoms with Gasteiger partial charge in [-0.25, -0.2) is 9.97 Å². The third-order valence-electron chi connectivity index (χ3n) is 3.71. The Morgan fingerprint density at radius 1 is 1.20 bits per heavy atom. The second kappa shape index (κ2) is 5.21. The highest BCUT2D eigenvalue weighted by molar-refractivity contribution is 5.47. The van der Waals surface area contributed by atoms with Crippen LogP contribution in [0.2, 0.25) is 0 Å². The Labute approximate surface area is 119 Å². The summed E-state index contributed by atoms with van der Waals surface area (Å²) in [5.74, 6) is 0.782. The van der Waals surface area contributed by atoms with Crippen LogP contribution in [0.5, 0.6) is 0 Å². The molecule has 0 N–H and O–H groups in total. The second-order valence-electron chi connectivity index (χ2n) is 5.33. The molecule has 1 aromatic heterocycles. The average molecular weight is 269 g/mol. The highest BCUT2D eigenvalue weighted by Crippen LogP contribution is 2.30. The molecule has 3 rings (SSSR count). The number of anilines is 1. The van der Waals surface area contributed by atoms with Crippen LogP contribution in [-0.2, 0) is 10.3 Å². The Morgan fingerprint density at radius 3 is 2.75 bits per heavy atom. The Balaban J connectivity index is 1.87. The molecule has 20 heavy (non-hydrogen) atoms. The zero-order valence-corrected chi connectivity index (χ0v) is 11.9. The number of hydrogen-bond acceptors (Lipinski definition) is 4. The van der Waals surface area contributed by atoms with Crippen molar-refractivity contribution in [2.24, 2.45) is 0 Å². The number of hydrogen-bond donors (Lipinski definition) is 0. The fourth-order valence-corrected chi connectivity index (χ4v) is 2.63. The first-order chi connectivity index (χ1) is 9.67. The minimum absolute atomic E-state index is 0.387. The highest BCUT2D eigenvalue weighted by Gasteiger charge is 2.35. The van der Waals surface area contributed by atoms with E-state index < -0.39 is 0 Å². The fourth-order valence-electron chi connectivity index (χ4n) is 2.63. The summed E-state index contributed by atoms with van der Waals surface area (Å²) in [6.07, 6.45) is 1.80. The summed E-state index contributed by atoms with van der Waals surface area (Å²) in [5.41, 5.74) is 1.79. The van der Waals surface area contributed by atoms with Gasteiger partial charge in [0.25, 0.3) is 0 Å². The van der Waals surface area contributed by atoms with Crippen molar-refractivity contribution in [3.63, 3.8) is 0 Å². The number of aromatic nitrogens is 2.